The summed E-state index contributed by atoms with van der Waals surface area (Å²) >= 11 is 0. The molecule has 1 fully saturated rings. The zero-order valence-corrected chi connectivity index (χ0v) is 10.4. The normalized spacial score (nSPS) is 22.8. The molecule has 0 aromatic carbocycles. The maximum absolute atomic E-state index is 11.8. The van der Waals surface area contributed by atoms with Crippen LogP contribution in [0.2, 0.25) is 0 Å². The van der Waals surface area contributed by atoms with E-state index < -0.39 is 0 Å². The van der Waals surface area contributed by atoms with Gasteiger partial charge in [0.05, 0.1) is 6.10 Å². The molecule has 4 nitrogen and oxygen atoms in total. The van der Waals surface area contributed by atoms with E-state index >= 15 is 0 Å². The summed E-state index contributed by atoms with van der Waals surface area (Å²) in [5.74, 6) is 0.439. The Bertz CT molecular complexity index is 215. The molecule has 4 heteroatoms. The van der Waals surface area contributed by atoms with Crippen molar-refractivity contribution < 1.29 is 9.53 Å². The molecule has 1 rings (SSSR count). The van der Waals surface area contributed by atoms with Gasteiger partial charge in [0.15, 0.2) is 0 Å². The van der Waals surface area contributed by atoms with Gasteiger partial charge in [-0.15, -0.1) is 0 Å². The Kier molecular flexibility index (Phi) is 5.77. The number of likely N-dealkylation sites (N-methyl/N-ethyl adjacent to an activating group) is 1. The maximum atomic E-state index is 11.8. The van der Waals surface area contributed by atoms with Crippen molar-refractivity contribution >= 4 is 5.91 Å². The molecule has 1 aliphatic heterocycles. The van der Waals surface area contributed by atoms with Gasteiger partial charge in [0.2, 0.25) is 5.91 Å². The van der Waals surface area contributed by atoms with Crippen molar-refractivity contribution in [2.24, 2.45) is 11.7 Å². The van der Waals surface area contributed by atoms with Crippen LogP contribution < -0.4 is 5.73 Å². The molecule has 0 aromatic rings. The highest BCUT2D eigenvalue weighted by Gasteiger charge is 2.19. The summed E-state index contributed by atoms with van der Waals surface area (Å²) < 4.78 is 5.61. The highest BCUT2D eigenvalue weighted by molar-refractivity contribution is 5.76. The molecule has 1 saturated heterocycles. The van der Waals surface area contributed by atoms with E-state index in [9.17, 15) is 4.79 Å². The van der Waals surface area contributed by atoms with Gasteiger partial charge in [-0.3, -0.25) is 4.79 Å². The van der Waals surface area contributed by atoms with Crippen LogP contribution in [0.3, 0.4) is 0 Å². The fourth-order valence-corrected chi connectivity index (χ4v) is 1.90. The summed E-state index contributed by atoms with van der Waals surface area (Å²) in [5.41, 5.74) is 5.51. The van der Waals surface area contributed by atoms with E-state index in [2.05, 4.69) is 0 Å². The molecule has 0 saturated carbocycles. The van der Waals surface area contributed by atoms with Gasteiger partial charge in [0, 0.05) is 26.6 Å². The summed E-state index contributed by atoms with van der Waals surface area (Å²) in [6.45, 7) is 4.13. The molecule has 0 aromatic heterocycles. The van der Waals surface area contributed by atoms with Crippen molar-refractivity contribution in [3.8, 4) is 0 Å². The summed E-state index contributed by atoms with van der Waals surface area (Å²) in [6, 6.07) is 0. The quantitative estimate of drug-likeness (QED) is 0.763. The van der Waals surface area contributed by atoms with Crippen molar-refractivity contribution in [1.29, 1.82) is 0 Å². The smallest absolute Gasteiger partial charge is 0.222 e. The van der Waals surface area contributed by atoms with E-state index in [0.717, 1.165) is 26.0 Å². The molecular formula is C12H24N2O2. The topological polar surface area (TPSA) is 55.6 Å². The lowest BCUT2D eigenvalue weighted by Gasteiger charge is -2.28. The van der Waals surface area contributed by atoms with Crippen molar-refractivity contribution in [1.82, 2.24) is 4.90 Å². The molecule has 0 bridgehead atoms. The molecule has 2 atom stereocenters. The molecule has 16 heavy (non-hydrogen) atoms. The van der Waals surface area contributed by atoms with Crippen LogP contribution in [-0.4, -0.2) is 43.7 Å². The Labute approximate surface area is 98.1 Å². The highest BCUT2D eigenvalue weighted by atomic mass is 16.5. The van der Waals surface area contributed by atoms with E-state index in [1.165, 1.54) is 6.42 Å². The van der Waals surface area contributed by atoms with Gasteiger partial charge in [-0.1, -0.05) is 6.92 Å². The molecule has 2 unspecified atom stereocenters. The van der Waals surface area contributed by atoms with Crippen LogP contribution >= 0.6 is 0 Å². The van der Waals surface area contributed by atoms with Gasteiger partial charge in [-0.05, 0) is 31.7 Å². The Morgan fingerprint density at radius 3 is 2.88 bits per heavy atom. The molecular weight excluding hydrogens is 204 g/mol. The largest absolute Gasteiger partial charge is 0.376 e. The maximum Gasteiger partial charge on any atom is 0.222 e. The number of nitrogens with two attached hydrogens (primary N) is 1. The lowest BCUT2D eigenvalue weighted by atomic mass is 10.1. The highest BCUT2D eigenvalue weighted by Crippen LogP contribution is 2.14. The molecule has 1 amide bonds. The summed E-state index contributed by atoms with van der Waals surface area (Å²) in [5, 5.41) is 0. The van der Waals surface area contributed by atoms with Crippen LogP contribution in [-0.2, 0) is 9.53 Å². The fourth-order valence-electron chi connectivity index (χ4n) is 1.90. The average Bonchev–Trinajstić information content (AvgIpc) is 2.30. The van der Waals surface area contributed by atoms with Crippen molar-refractivity contribution in [2.45, 2.75) is 38.7 Å². The van der Waals surface area contributed by atoms with E-state index in [4.69, 9.17) is 10.5 Å². The molecule has 94 valence electrons. The molecule has 1 aliphatic rings. The minimum absolute atomic E-state index is 0.173. The minimum Gasteiger partial charge on any atom is -0.376 e. The average molecular weight is 228 g/mol. The molecule has 0 aliphatic carbocycles. The molecule has 1 heterocycles. The number of rotatable bonds is 5. The number of carbonyl (C=O) groups excluding carboxylic acids is 1. The second-order valence-electron chi connectivity index (χ2n) is 4.81. The first-order chi connectivity index (χ1) is 7.63. The minimum atomic E-state index is 0.173. The van der Waals surface area contributed by atoms with E-state index in [1.54, 1.807) is 4.90 Å². The Morgan fingerprint density at radius 1 is 1.56 bits per heavy atom. The second kappa shape index (κ2) is 6.86. The van der Waals surface area contributed by atoms with Crippen LogP contribution in [0.15, 0.2) is 0 Å². The second-order valence-corrected chi connectivity index (χ2v) is 4.81. The number of amides is 1. The summed E-state index contributed by atoms with van der Waals surface area (Å²) in [7, 11) is 1.85. The van der Waals surface area contributed by atoms with Gasteiger partial charge in [0.1, 0.15) is 0 Å². The van der Waals surface area contributed by atoms with Crippen LogP contribution in [0.4, 0.5) is 0 Å². The van der Waals surface area contributed by atoms with Gasteiger partial charge in [-0.25, -0.2) is 0 Å². The van der Waals surface area contributed by atoms with Crippen LogP contribution in [0.5, 0.6) is 0 Å². The lowest BCUT2D eigenvalue weighted by molar-refractivity contribution is -0.133. The third-order valence-corrected chi connectivity index (χ3v) is 3.10. The predicted molar refractivity (Wildman–Crippen MR) is 64.1 cm³/mol. The Hall–Kier alpha value is -0.610. The monoisotopic (exact) mass is 228 g/mol. The first-order valence-corrected chi connectivity index (χ1v) is 6.19. The molecule has 0 radical (unpaired) electrons. The number of nitrogens with zero attached hydrogens (tertiary/aromatic N) is 1. The molecule has 0 spiro atoms. The third kappa shape index (κ3) is 4.49. The molecule has 2 N–H and O–H groups in total. The predicted octanol–water partition coefficient (Wildman–Crippen LogP) is 0.999. The van der Waals surface area contributed by atoms with Gasteiger partial charge < -0.3 is 15.4 Å². The number of ether oxygens (including phenoxy) is 1. The van der Waals surface area contributed by atoms with Gasteiger partial charge in [0.25, 0.3) is 0 Å². The standard InChI is InChI=1S/C12H24N2O2/c1-10(8-13)7-12(15)14(2)9-11-5-3-4-6-16-11/h10-11H,3-9,13H2,1-2H3. The van der Waals surface area contributed by atoms with Gasteiger partial charge >= 0.3 is 0 Å². The van der Waals surface area contributed by atoms with Crippen molar-refractivity contribution in [3.63, 3.8) is 0 Å². The zero-order chi connectivity index (χ0) is 12.0. The first-order valence-electron chi connectivity index (χ1n) is 6.19. The van der Waals surface area contributed by atoms with E-state index in [-0.39, 0.29) is 17.9 Å². The van der Waals surface area contributed by atoms with E-state index in [1.807, 2.05) is 14.0 Å². The third-order valence-electron chi connectivity index (χ3n) is 3.10. The lowest BCUT2D eigenvalue weighted by Crippen LogP contribution is -2.38. The van der Waals surface area contributed by atoms with Gasteiger partial charge in [-0.2, -0.15) is 0 Å². The summed E-state index contributed by atoms with van der Waals surface area (Å²) in [4.78, 5) is 13.6. The van der Waals surface area contributed by atoms with Crippen LogP contribution in [0, 0.1) is 5.92 Å². The Morgan fingerprint density at radius 2 is 2.31 bits per heavy atom. The first kappa shape index (κ1) is 13.5. The number of hydrogen-bond acceptors (Lipinski definition) is 3. The zero-order valence-electron chi connectivity index (χ0n) is 10.4. The fraction of sp³-hybridized carbons (Fsp3) is 0.917. The van der Waals surface area contributed by atoms with E-state index in [0.29, 0.717) is 13.0 Å². The van der Waals surface area contributed by atoms with Crippen molar-refractivity contribution in [3.05, 3.63) is 0 Å². The van der Waals surface area contributed by atoms with Crippen molar-refractivity contribution in [2.75, 3.05) is 26.7 Å². The number of hydrogen-bond donors (Lipinski definition) is 1. The summed E-state index contributed by atoms with van der Waals surface area (Å²) in [6.07, 6.45) is 4.21. The van der Waals surface area contributed by atoms with Crippen LogP contribution in [0.25, 0.3) is 0 Å². The SMILES string of the molecule is CC(CN)CC(=O)N(C)CC1CCCCO1. The Balaban J connectivity index is 2.27. The van der Waals surface area contributed by atoms with Crippen LogP contribution in [0.1, 0.15) is 32.6 Å². The number of carbonyl (C=O) groups is 1.